The zero-order valence-corrected chi connectivity index (χ0v) is 20.0. The van der Waals surface area contributed by atoms with E-state index in [1.165, 1.54) is 26.0 Å². The summed E-state index contributed by atoms with van der Waals surface area (Å²) in [6.07, 6.45) is 1.02. The molecule has 11 heteroatoms. The highest BCUT2D eigenvalue weighted by Crippen LogP contribution is 2.41. The number of carbonyl (C=O) groups is 2. The largest absolute Gasteiger partial charge is 0.497 e. The average Bonchev–Trinajstić information content (AvgIpc) is 3.33. The molecule has 2 N–H and O–H groups in total. The molecule has 186 valence electrons. The summed E-state index contributed by atoms with van der Waals surface area (Å²) in [5, 5.41) is 15.9. The van der Waals surface area contributed by atoms with Crippen LogP contribution in [-0.2, 0) is 4.79 Å². The second-order valence-corrected chi connectivity index (χ2v) is 7.39. The lowest BCUT2D eigenvalue weighted by atomic mass is 10.1. The normalized spacial score (nSPS) is 10.5. The van der Waals surface area contributed by atoms with E-state index in [0.29, 0.717) is 59.5 Å². The van der Waals surface area contributed by atoms with Crippen LogP contribution in [0.2, 0.25) is 0 Å². The number of ether oxygens (including phenoxy) is 4. The quantitative estimate of drug-likeness (QED) is 0.372. The number of aromatic nitrogens is 3. The Balaban J connectivity index is 2.02. The smallest absolute Gasteiger partial charge is 0.303 e. The van der Waals surface area contributed by atoms with E-state index in [2.05, 4.69) is 15.4 Å². The van der Waals surface area contributed by atoms with Gasteiger partial charge in [-0.15, -0.1) is 5.10 Å². The molecule has 0 radical (unpaired) electrons. The molecule has 0 aliphatic heterocycles. The maximum absolute atomic E-state index is 12.8. The van der Waals surface area contributed by atoms with Gasteiger partial charge in [-0.2, -0.15) is 0 Å². The van der Waals surface area contributed by atoms with Gasteiger partial charge in [0.1, 0.15) is 5.75 Å². The fourth-order valence-corrected chi connectivity index (χ4v) is 3.41. The van der Waals surface area contributed by atoms with Crippen molar-refractivity contribution in [1.82, 2.24) is 20.1 Å². The van der Waals surface area contributed by atoms with Crippen LogP contribution in [0.25, 0.3) is 17.1 Å². The number of carboxylic acids is 1. The van der Waals surface area contributed by atoms with Gasteiger partial charge in [-0.05, 0) is 37.1 Å². The summed E-state index contributed by atoms with van der Waals surface area (Å²) in [6.45, 7) is 0.305. The van der Waals surface area contributed by atoms with Gasteiger partial charge in [-0.1, -0.05) is 6.07 Å². The minimum absolute atomic E-state index is 0.0455. The first kappa shape index (κ1) is 25.3. The lowest BCUT2D eigenvalue weighted by Gasteiger charge is -2.14. The van der Waals surface area contributed by atoms with Crippen molar-refractivity contribution in [3.05, 3.63) is 42.2 Å². The molecule has 0 aliphatic carbocycles. The molecule has 11 nitrogen and oxygen atoms in total. The fraction of sp³-hybridized carbons (Fsp3) is 0.333. The Kier molecular flexibility index (Phi) is 8.49. The number of hydrogen-bond acceptors (Lipinski definition) is 8. The molecule has 1 aromatic heterocycles. The lowest BCUT2D eigenvalue weighted by Crippen LogP contribution is -2.25. The fourth-order valence-electron chi connectivity index (χ4n) is 3.41. The Morgan fingerprint density at radius 2 is 1.69 bits per heavy atom. The summed E-state index contributed by atoms with van der Waals surface area (Å²) in [5.74, 6) is 0.853. The maximum atomic E-state index is 12.8. The van der Waals surface area contributed by atoms with Crippen molar-refractivity contribution in [3.8, 4) is 40.1 Å². The predicted molar refractivity (Wildman–Crippen MR) is 127 cm³/mol. The summed E-state index contributed by atoms with van der Waals surface area (Å²) in [5.41, 5.74) is 1.21. The van der Waals surface area contributed by atoms with Crippen molar-refractivity contribution >= 4 is 11.9 Å². The van der Waals surface area contributed by atoms with Crippen molar-refractivity contribution in [1.29, 1.82) is 0 Å². The minimum atomic E-state index is -0.870. The van der Waals surface area contributed by atoms with Crippen molar-refractivity contribution in [3.63, 3.8) is 0 Å². The van der Waals surface area contributed by atoms with Crippen LogP contribution < -0.4 is 24.3 Å². The highest BCUT2D eigenvalue weighted by molar-refractivity contribution is 5.91. The van der Waals surface area contributed by atoms with Crippen LogP contribution in [0.4, 0.5) is 0 Å². The van der Waals surface area contributed by atoms with E-state index >= 15 is 0 Å². The molecule has 0 aliphatic rings. The highest BCUT2D eigenvalue weighted by Gasteiger charge is 2.22. The first-order chi connectivity index (χ1) is 16.9. The van der Waals surface area contributed by atoms with Crippen LogP contribution in [-0.4, -0.2) is 66.7 Å². The standard InChI is InChI=1S/C24H28N4O7/c1-32-17-9-7-8-16(14-17)28-23(15-12-18(33-2)21(35-4)19(13-15)34-3)26-22(27-28)24(31)25-11-6-5-10-20(29)30/h7-9,12-14H,5-6,10-11H2,1-4H3,(H,25,31)(H,29,30). The zero-order valence-electron chi connectivity index (χ0n) is 20.0. The van der Waals surface area contributed by atoms with E-state index in [-0.39, 0.29) is 12.2 Å². The number of amides is 1. The van der Waals surface area contributed by atoms with Crippen LogP contribution in [0.1, 0.15) is 29.9 Å². The molecule has 1 amide bonds. The van der Waals surface area contributed by atoms with Crippen LogP contribution in [0.5, 0.6) is 23.0 Å². The molecule has 35 heavy (non-hydrogen) atoms. The molecule has 0 saturated carbocycles. The van der Waals surface area contributed by atoms with Crippen molar-refractivity contribution in [2.24, 2.45) is 0 Å². The van der Waals surface area contributed by atoms with E-state index in [4.69, 9.17) is 24.1 Å². The Morgan fingerprint density at radius 3 is 2.29 bits per heavy atom. The molecule has 0 atom stereocenters. The molecular weight excluding hydrogens is 456 g/mol. The average molecular weight is 485 g/mol. The Morgan fingerprint density at radius 1 is 0.971 bits per heavy atom. The number of carboxylic acid groups (broad SMARTS) is 1. The second kappa shape index (κ2) is 11.7. The molecule has 0 spiro atoms. The van der Waals surface area contributed by atoms with E-state index in [0.717, 1.165) is 0 Å². The summed E-state index contributed by atoms with van der Waals surface area (Å²) in [7, 11) is 6.09. The number of rotatable bonds is 12. The minimum Gasteiger partial charge on any atom is -0.497 e. The van der Waals surface area contributed by atoms with Crippen LogP contribution in [0.15, 0.2) is 36.4 Å². The topological polar surface area (TPSA) is 134 Å². The number of aliphatic carboxylic acids is 1. The van der Waals surface area contributed by atoms with Gasteiger partial charge >= 0.3 is 5.97 Å². The van der Waals surface area contributed by atoms with E-state index in [9.17, 15) is 9.59 Å². The van der Waals surface area contributed by atoms with Crippen molar-refractivity contribution in [2.45, 2.75) is 19.3 Å². The second-order valence-electron chi connectivity index (χ2n) is 7.39. The Hall–Kier alpha value is -4.28. The summed E-state index contributed by atoms with van der Waals surface area (Å²) in [4.78, 5) is 27.9. The number of methoxy groups -OCH3 is 4. The van der Waals surface area contributed by atoms with Crippen LogP contribution in [0.3, 0.4) is 0 Å². The predicted octanol–water partition coefficient (Wildman–Crippen LogP) is 2.95. The molecule has 3 rings (SSSR count). The molecule has 0 bridgehead atoms. The molecule has 3 aromatic rings. The van der Waals surface area contributed by atoms with Gasteiger partial charge in [-0.25, -0.2) is 9.67 Å². The molecule has 2 aromatic carbocycles. The summed E-state index contributed by atoms with van der Waals surface area (Å²) in [6, 6.07) is 10.6. The third kappa shape index (κ3) is 5.99. The molecular formula is C24H28N4O7. The number of carbonyl (C=O) groups excluding carboxylic acids is 1. The first-order valence-electron chi connectivity index (χ1n) is 10.8. The van der Waals surface area contributed by atoms with Gasteiger partial charge in [0.25, 0.3) is 5.91 Å². The monoisotopic (exact) mass is 484 g/mol. The third-order valence-electron chi connectivity index (χ3n) is 5.13. The zero-order chi connectivity index (χ0) is 25.4. The van der Waals surface area contributed by atoms with Crippen LogP contribution >= 0.6 is 0 Å². The number of benzene rings is 2. The third-order valence-corrected chi connectivity index (χ3v) is 5.13. The number of nitrogens with one attached hydrogen (secondary N) is 1. The van der Waals surface area contributed by atoms with Gasteiger partial charge in [0.15, 0.2) is 17.3 Å². The van der Waals surface area contributed by atoms with Gasteiger partial charge in [0.2, 0.25) is 11.6 Å². The van der Waals surface area contributed by atoms with Crippen molar-refractivity contribution in [2.75, 3.05) is 35.0 Å². The van der Waals surface area contributed by atoms with Gasteiger partial charge < -0.3 is 29.4 Å². The Bertz CT molecular complexity index is 1170. The van der Waals surface area contributed by atoms with E-state index in [1.807, 2.05) is 6.07 Å². The molecule has 1 heterocycles. The summed E-state index contributed by atoms with van der Waals surface area (Å²) >= 11 is 0. The SMILES string of the molecule is COc1cccc(-n2nc(C(=O)NCCCCC(=O)O)nc2-c2cc(OC)c(OC)c(OC)c2)c1. The number of hydrogen-bond donors (Lipinski definition) is 2. The number of nitrogens with zero attached hydrogens (tertiary/aromatic N) is 3. The maximum Gasteiger partial charge on any atom is 0.303 e. The molecule has 0 unspecified atom stereocenters. The van der Waals surface area contributed by atoms with Gasteiger partial charge in [0.05, 0.1) is 34.1 Å². The highest BCUT2D eigenvalue weighted by atomic mass is 16.5. The van der Waals surface area contributed by atoms with Crippen LogP contribution in [0, 0.1) is 0 Å². The molecule has 0 fully saturated rings. The van der Waals surface area contributed by atoms with Crippen molar-refractivity contribution < 1.29 is 33.6 Å². The van der Waals surface area contributed by atoms with Gasteiger partial charge in [-0.3, -0.25) is 9.59 Å². The van der Waals surface area contributed by atoms with E-state index in [1.54, 1.807) is 37.4 Å². The first-order valence-corrected chi connectivity index (χ1v) is 10.8. The lowest BCUT2D eigenvalue weighted by molar-refractivity contribution is -0.137. The number of unbranched alkanes of at least 4 members (excludes halogenated alkanes) is 1. The van der Waals surface area contributed by atoms with Gasteiger partial charge in [0, 0.05) is 24.6 Å². The summed E-state index contributed by atoms with van der Waals surface area (Å²) < 4.78 is 23.2. The Labute approximate surface area is 202 Å². The van der Waals surface area contributed by atoms with E-state index < -0.39 is 11.9 Å². The molecule has 0 saturated heterocycles.